The zero-order valence-electron chi connectivity index (χ0n) is 16.2. The van der Waals surface area contributed by atoms with E-state index >= 15 is 0 Å². The molecule has 2 rings (SSSR count). The van der Waals surface area contributed by atoms with E-state index in [1.807, 2.05) is 13.8 Å². The average molecular weight is 418 g/mol. The first-order valence-electron chi connectivity index (χ1n) is 9.53. The van der Waals surface area contributed by atoms with Crippen molar-refractivity contribution in [2.45, 2.75) is 44.4 Å². The van der Waals surface area contributed by atoms with Gasteiger partial charge in [0.05, 0.1) is 4.90 Å². The maximum absolute atomic E-state index is 12.5. The molecular weight excluding hydrogens is 386 g/mol. The summed E-state index contributed by atoms with van der Waals surface area (Å²) in [6.45, 7) is 7.44. The third-order valence-corrected chi connectivity index (χ3v) is 7.01. The normalized spacial score (nSPS) is 16.9. The van der Waals surface area contributed by atoms with Gasteiger partial charge in [-0.05, 0) is 56.0 Å². The molecule has 0 aliphatic carbocycles. The summed E-state index contributed by atoms with van der Waals surface area (Å²) in [4.78, 5) is 12.3. The van der Waals surface area contributed by atoms with Gasteiger partial charge in [0.25, 0.3) is 0 Å². The van der Waals surface area contributed by atoms with Crippen LogP contribution in [0.1, 0.15) is 38.7 Å². The summed E-state index contributed by atoms with van der Waals surface area (Å²) in [5.74, 6) is 0.728. The van der Waals surface area contributed by atoms with Crippen molar-refractivity contribution in [1.82, 2.24) is 14.9 Å². The Kier molecular flexibility index (Phi) is 10.3. The molecule has 0 spiro atoms. The molecule has 2 N–H and O–H groups in total. The molecule has 1 amide bonds. The second-order valence-electron chi connectivity index (χ2n) is 6.73. The second kappa shape index (κ2) is 11.6. The Labute approximate surface area is 169 Å². The van der Waals surface area contributed by atoms with Gasteiger partial charge in [-0.15, -0.1) is 12.4 Å². The molecule has 1 atom stereocenters. The molecule has 1 saturated heterocycles. The number of halogens is 1. The molecule has 1 fully saturated rings. The monoisotopic (exact) mass is 417 g/mol. The third-order valence-electron chi connectivity index (χ3n) is 4.94. The highest BCUT2D eigenvalue weighted by Crippen LogP contribution is 2.17. The van der Waals surface area contributed by atoms with E-state index in [0.717, 1.165) is 31.6 Å². The minimum Gasteiger partial charge on any atom is -0.356 e. The summed E-state index contributed by atoms with van der Waals surface area (Å²) in [6, 6.07) is 6.86. The number of rotatable bonds is 10. The molecular formula is C19H32ClN3O3S. The van der Waals surface area contributed by atoms with Crippen LogP contribution in [0, 0.1) is 5.92 Å². The highest BCUT2D eigenvalue weighted by molar-refractivity contribution is 7.89. The number of sulfonamides is 1. The topological polar surface area (TPSA) is 78.5 Å². The lowest BCUT2D eigenvalue weighted by atomic mass is 10.1. The molecule has 0 saturated carbocycles. The van der Waals surface area contributed by atoms with Crippen LogP contribution >= 0.6 is 12.4 Å². The molecule has 0 radical (unpaired) electrons. The lowest BCUT2D eigenvalue weighted by molar-refractivity contribution is -0.121. The quantitative estimate of drug-likeness (QED) is 0.611. The lowest BCUT2D eigenvalue weighted by Gasteiger charge is -2.18. The molecule has 1 aromatic rings. The van der Waals surface area contributed by atoms with Gasteiger partial charge in [0.2, 0.25) is 15.9 Å². The second-order valence-corrected chi connectivity index (χ2v) is 8.67. The van der Waals surface area contributed by atoms with Crippen LogP contribution in [-0.4, -0.2) is 51.4 Å². The van der Waals surface area contributed by atoms with E-state index in [0.29, 0.717) is 36.7 Å². The van der Waals surface area contributed by atoms with E-state index in [1.165, 1.54) is 10.7 Å². The highest BCUT2D eigenvalue weighted by Gasteiger charge is 2.21. The molecule has 6 nitrogen and oxygen atoms in total. The van der Waals surface area contributed by atoms with Gasteiger partial charge >= 0.3 is 0 Å². The molecule has 1 heterocycles. The molecule has 154 valence electrons. The fourth-order valence-electron chi connectivity index (χ4n) is 3.26. The first kappa shape index (κ1) is 23.9. The van der Waals surface area contributed by atoms with Gasteiger partial charge in [0.15, 0.2) is 0 Å². The zero-order chi connectivity index (χ0) is 19.0. The molecule has 1 aromatic carbocycles. The Morgan fingerprint density at radius 2 is 1.89 bits per heavy atom. The Morgan fingerprint density at radius 3 is 2.44 bits per heavy atom. The summed E-state index contributed by atoms with van der Waals surface area (Å²) in [6.07, 6.45) is 3.25. The van der Waals surface area contributed by atoms with Crippen molar-refractivity contribution in [2.24, 2.45) is 5.92 Å². The smallest absolute Gasteiger partial charge is 0.243 e. The van der Waals surface area contributed by atoms with Gasteiger partial charge in [-0.3, -0.25) is 4.79 Å². The van der Waals surface area contributed by atoms with Crippen LogP contribution in [0.4, 0.5) is 0 Å². The van der Waals surface area contributed by atoms with Crippen molar-refractivity contribution < 1.29 is 13.2 Å². The molecule has 1 aliphatic heterocycles. The van der Waals surface area contributed by atoms with Gasteiger partial charge < -0.3 is 10.6 Å². The maximum atomic E-state index is 12.5. The number of carbonyl (C=O) groups is 1. The van der Waals surface area contributed by atoms with E-state index in [9.17, 15) is 13.2 Å². The first-order chi connectivity index (χ1) is 12.5. The summed E-state index contributed by atoms with van der Waals surface area (Å²) < 4.78 is 26.4. The zero-order valence-corrected chi connectivity index (χ0v) is 17.9. The van der Waals surface area contributed by atoms with E-state index < -0.39 is 10.0 Å². The van der Waals surface area contributed by atoms with Crippen LogP contribution in [0.15, 0.2) is 29.2 Å². The van der Waals surface area contributed by atoms with Crippen molar-refractivity contribution in [3.8, 4) is 0 Å². The number of hydrogen-bond donors (Lipinski definition) is 2. The predicted octanol–water partition coefficient (Wildman–Crippen LogP) is 2.19. The van der Waals surface area contributed by atoms with Gasteiger partial charge in [0, 0.05) is 26.1 Å². The number of benzene rings is 1. The maximum Gasteiger partial charge on any atom is 0.243 e. The fraction of sp³-hybridized carbons (Fsp3) is 0.632. The van der Waals surface area contributed by atoms with Crippen molar-refractivity contribution in [2.75, 3.05) is 32.7 Å². The van der Waals surface area contributed by atoms with E-state index in [-0.39, 0.29) is 18.3 Å². The minimum atomic E-state index is -3.42. The molecule has 1 aliphatic rings. The van der Waals surface area contributed by atoms with Crippen LogP contribution in [0.3, 0.4) is 0 Å². The van der Waals surface area contributed by atoms with E-state index in [2.05, 4.69) is 10.6 Å². The van der Waals surface area contributed by atoms with Crippen LogP contribution < -0.4 is 10.6 Å². The molecule has 27 heavy (non-hydrogen) atoms. The molecule has 0 bridgehead atoms. The van der Waals surface area contributed by atoms with Gasteiger partial charge in [-0.2, -0.15) is 4.31 Å². The summed E-state index contributed by atoms with van der Waals surface area (Å²) in [5.41, 5.74) is 0.971. The van der Waals surface area contributed by atoms with Crippen LogP contribution in [0.25, 0.3) is 0 Å². The van der Waals surface area contributed by atoms with Crippen molar-refractivity contribution >= 4 is 28.3 Å². The Hall–Kier alpha value is -1.15. The molecule has 0 aromatic heterocycles. The highest BCUT2D eigenvalue weighted by atomic mass is 35.5. The van der Waals surface area contributed by atoms with Gasteiger partial charge in [-0.1, -0.05) is 26.0 Å². The number of nitrogens with one attached hydrogen (secondary N) is 2. The number of hydrogen-bond acceptors (Lipinski definition) is 4. The number of amides is 1. The SMILES string of the molecule is CCN(CC)S(=O)(=O)c1ccc(CCC(=O)NCCC2CCNC2)cc1.Cl. The van der Waals surface area contributed by atoms with Crippen LogP contribution in [0.5, 0.6) is 0 Å². The average Bonchev–Trinajstić information content (AvgIpc) is 3.14. The third kappa shape index (κ3) is 7.07. The molecule has 8 heteroatoms. The standard InChI is InChI=1S/C19H31N3O3S.ClH/c1-3-22(4-2)26(24,25)18-8-5-16(6-9-18)7-10-19(23)21-14-12-17-11-13-20-15-17;/h5-6,8-9,17,20H,3-4,7,10-15H2,1-2H3,(H,21,23);1H. The Balaban J connectivity index is 0.00000364. The predicted molar refractivity (Wildman–Crippen MR) is 111 cm³/mol. The Morgan fingerprint density at radius 1 is 1.22 bits per heavy atom. The summed E-state index contributed by atoms with van der Waals surface area (Å²) in [5, 5.41) is 6.30. The van der Waals surface area contributed by atoms with Crippen molar-refractivity contribution in [3.05, 3.63) is 29.8 Å². The fourth-order valence-corrected chi connectivity index (χ4v) is 4.72. The summed E-state index contributed by atoms with van der Waals surface area (Å²) in [7, 11) is -3.42. The van der Waals surface area contributed by atoms with Gasteiger partial charge in [0.1, 0.15) is 0 Å². The molecule has 1 unspecified atom stereocenters. The van der Waals surface area contributed by atoms with Gasteiger partial charge in [-0.25, -0.2) is 8.42 Å². The van der Waals surface area contributed by atoms with Crippen molar-refractivity contribution in [3.63, 3.8) is 0 Å². The number of nitrogens with zero attached hydrogens (tertiary/aromatic N) is 1. The number of carbonyl (C=O) groups excluding carboxylic acids is 1. The lowest BCUT2D eigenvalue weighted by Crippen LogP contribution is -2.30. The number of aryl methyl sites for hydroxylation is 1. The van der Waals surface area contributed by atoms with Crippen LogP contribution in [0.2, 0.25) is 0 Å². The Bertz CT molecular complexity index is 670. The first-order valence-corrected chi connectivity index (χ1v) is 11.0. The largest absolute Gasteiger partial charge is 0.356 e. The van der Waals surface area contributed by atoms with Crippen LogP contribution in [-0.2, 0) is 21.2 Å². The minimum absolute atomic E-state index is 0. The summed E-state index contributed by atoms with van der Waals surface area (Å²) >= 11 is 0. The van der Waals surface area contributed by atoms with E-state index in [4.69, 9.17) is 0 Å². The van der Waals surface area contributed by atoms with Crippen molar-refractivity contribution in [1.29, 1.82) is 0 Å². The van der Waals surface area contributed by atoms with E-state index in [1.54, 1.807) is 24.3 Å².